The number of pyridine rings is 1. The monoisotopic (exact) mass is 252 g/mol. The fraction of sp³-hybridized carbons (Fsp3) is 0.111. The standard InChI is InChI=1S/C9H9BrN4/c1-14-8(7(10)9(11)13-14)6-2-4-12-5-3-6/h2-5H,1H3,(H2,11,13). The van der Waals surface area contributed by atoms with Crippen LogP contribution in [0.1, 0.15) is 0 Å². The van der Waals surface area contributed by atoms with Gasteiger partial charge in [-0.25, -0.2) is 0 Å². The van der Waals surface area contributed by atoms with E-state index in [-0.39, 0.29) is 0 Å². The molecule has 0 amide bonds. The summed E-state index contributed by atoms with van der Waals surface area (Å²) in [7, 11) is 1.86. The Kier molecular flexibility index (Phi) is 2.25. The predicted molar refractivity (Wildman–Crippen MR) is 58.6 cm³/mol. The average Bonchev–Trinajstić information content (AvgIpc) is 2.43. The fourth-order valence-corrected chi connectivity index (χ4v) is 1.91. The van der Waals surface area contributed by atoms with Crippen LogP contribution in [0.3, 0.4) is 0 Å². The van der Waals surface area contributed by atoms with Gasteiger partial charge in [0.1, 0.15) is 0 Å². The lowest BCUT2D eigenvalue weighted by atomic mass is 10.2. The average molecular weight is 253 g/mol. The van der Waals surface area contributed by atoms with Crippen molar-refractivity contribution in [2.24, 2.45) is 7.05 Å². The van der Waals surface area contributed by atoms with Crippen molar-refractivity contribution in [1.29, 1.82) is 0 Å². The van der Waals surface area contributed by atoms with Crippen LogP contribution in [0.4, 0.5) is 5.82 Å². The van der Waals surface area contributed by atoms with Gasteiger partial charge in [-0.05, 0) is 28.1 Å². The van der Waals surface area contributed by atoms with Crippen molar-refractivity contribution in [3.05, 3.63) is 29.0 Å². The SMILES string of the molecule is Cn1nc(N)c(Br)c1-c1ccncc1. The Balaban J connectivity index is 2.62. The lowest BCUT2D eigenvalue weighted by Gasteiger charge is -2.01. The minimum Gasteiger partial charge on any atom is -0.381 e. The number of nitrogens with two attached hydrogens (primary N) is 1. The molecule has 4 nitrogen and oxygen atoms in total. The van der Waals surface area contributed by atoms with E-state index in [1.54, 1.807) is 17.1 Å². The quantitative estimate of drug-likeness (QED) is 0.843. The van der Waals surface area contributed by atoms with Crippen LogP contribution in [-0.2, 0) is 7.05 Å². The van der Waals surface area contributed by atoms with Gasteiger partial charge in [0, 0.05) is 25.0 Å². The van der Waals surface area contributed by atoms with Gasteiger partial charge in [-0.3, -0.25) is 9.67 Å². The normalized spacial score (nSPS) is 10.4. The minimum atomic E-state index is 0.499. The predicted octanol–water partition coefficient (Wildman–Crippen LogP) is 1.83. The molecule has 0 aliphatic heterocycles. The molecule has 0 atom stereocenters. The van der Waals surface area contributed by atoms with Crippen molar-refractivity contribution in [2.45, 2.75) is 0 Å². The van der Waals surface area contributed by atoms with Gasteiger partial charge in [0.25, 0.3) is 0 Å². The van der Waals surface area contributed by atoms with Crippen molar-refractivity contribution >= 4 is 21.7 Å². The maximum Gasteiger partial charge on any atom is 0.160 e. The smallest absolute Gasteiger partial charge is 0.160 e. The number of halogens is 1. The summed E-state index contributed by atoms with van der Waals surface area (Å²) >= 11 is 3.41. The van der Waals surface area contributed by atoms with E-state index in [0.717, 1.165) is 15.7 Å². The number of hydrogen-bond donors (Lipinski definition) is 1. The van der Waals surface area contributed by atoms with E-state index in [1.165, 1.54) is 0 Å². The largest absolute Gasteiger partial charge is 0.381 e. The van der Waals surface area contributed by atoms with Crippen molar-refractivity contribution in [2.75, 3.05) is 5.73 Å². The molecule has 2 N–H and O–H groups in total. The number of rotatable bonds is 1. The number of nitrogens with zero attached hydrogens (tertiary/aromatic N) is 3. The van der Waals surface area contributed by atoms with Crippen LogP contribution >= 0.6 is 15.9 Å². The Morgan fingerprint density at radius 3 is 2.50 bits per heavy atom. The van der Waals surface area contributed by atoms with Crippen LogP contribution in [0.25, 0.3) is 11.3 Å². The summed E-state index contributed by atoms with van der Waals surface area (Å²) in [6.45, 7) is 0. The summed E-state index contributed by atoms with van der Waals surface area (Å²) in [5.74, 6) is 0.499. The summed E-state index contributed by atoms with van der Waals surface area (Å²) < 4.78 is 2.57. The van der Waals surface area contributed by atoms with E-state index >= 15 is 0 Å². The highest BCUT2D eigenvalue weighted by Gasteiger charge is 2.12. The molecule has 0 aliphatic carbocycles. The molecular formula is C9H9BrN4. The Labute approximate surface area is 89.9 Å². The van der Waals surface area contributed by atoms with E-state index in [2.05, 4.69) is 26.0 Å². The first-order valence-electron chi connectivity index (χ1n) is 4.08. The zero-order valence-corrected chi connectivity index (χ0v) is 9.19. The highest BCUT2D eigenvalue weighted by Crippen LogP contribution is 2.31. The van der Waals surface area contributed by atoms with Crippen molar-refractivity contribution in [1.82, 2.24) is 14.8 Å². The van der Waals surface area contributed by atoms with Crippen LogP contribution in [0.5, 0.6) is 0 Å². The molecule has 5 heteroatoms. The van der Waals surface area contributed by atoms with Gasteiger partial charge in [-0.2, -0.15) is 5.10 Å². The third-order valence-electron chi connectivity index (χ3n) is 1.97. The van der Waals surface area contributed by atoms with Crippen LogP contribution in [0.2, 0.25) is 0 Å². The van der Waals surface area contributed by atoms with Crippen LogP contribution in [-0.4, -0.2) is 14.8 Å². The molecule has 2 aromatic heterocycles. The summed E-state index contributed by atoms with van der Waals surface area (Å²) in [4.78, 5) is 3.96. The van der Waals surface area contributed by atoms with Crippen LogP contribution < -0.4 is 5.73 Å². The zero-order chi connectivity index (χ0) is 10.1. The molecule has 0 bridgehead atoms. The zero-order valence-electron chi connectivity index (χ0n) is 7.61. The highest BCUT2D eigenvalue weighted by molar-refractivity contribution is 9.10. The van der Waals surface area contributed by atoms with E-state index in [9.17, 15) is 0 Å². The number of hydrogen-bond acceptors (Lipinski definition) is 3. The molecule has 2 rings (SSSR count). The minimum absolute atomic E-state index is 0.499. The third kappa shape index (κ3) is 1.39. The lowest BCUT2D eigenvalue weighted by Crippen LogP contribution is -1.94. The molecule has 2 heterocycles. The number of nitrogen functional groups attached to an aromatic ring is 1. The second-order valence-corrected chi connectivity index (χ2v) is 3.70. The molecular weight excluding hydrogens is 244 g/mol. The second kappa shape index (κ2) is 3.42. The van der Waals surface area contributed by atoms with Gasteiger partial charge in [0.05, 0.1) is 10.2 Å². The first-order valence-corrected chi connectivity index (χ1v) is 4.88. The van der Waals surface area contributed by atoms with Crippen LogP contribution in [0, 0.1) is 0 Å². The van der Waals surface area contributed by atoms with E-state index < -0.39 is 0 Å². The molecule has 14 heavy (non-hydrogen) atoms. The second-order valence-electron chi connectivity index (χ2n) is 2.91. The van der Waals surface area contributed by atoms with E-state index in [0.29, 0.717) is 5.82 Å². The maximum atomic E-state index is 5.68. The van der Waals surface area contributed by atoms with Crippen molar-refractivity contribution in [3.63, 3.8) is 0 Å². The number of anilines is 1. The molecule has 0 aliphatic rings. The van der Waals surface area contributed by atoms with Gasteiger partial charge in [-0.15, -0.1) is 0 Å². The molecule has 2 aromatic rings. The van der Waals surface area contributed by atoms with Crippen LogP contribution in [0.15, 0.2) is 29.0 Å². The summed E-state index contributed by atoms with van der Waals surface area (Å²) in [5, 5.41) is 4.11. The van der Waals surface area contributed by atoms with Crippen molar-refractivity contribution < 1.29 is 0 Å². The third-order valence-corrected chi connectivity index (χ3v) is 2.75. The highest BCUT2D eigenvalue weighted by atomic mass is 79.9. The number of aromatic nitrogens is 3. The Bertz CT molecular complexity index is 449. The topological polar surface area (TPSA) is 56.7 Å². The number of aryl methyl sites for hydroxylation is 1. The Morgan fingerprint density at radius 2 is 2.00 bits per heavy atom. The van der Waals surface area contributed by atoms with Crippen molar-refractivity contribution in [3.8, 4) is 11.3 Å². The molecule has 0 aromatic carbocycles. The van der Waals surface area contributed by atoms with Gasteiger partial charge in [0.15, 0.2) is 5.82 Å². The van der Waals surface area contributed by atoms with E-state index in [1.807, 2.05) is 19.2 Å². The summed E-state index contributed by atoms with van der Waals surface area (Å²) in [6.07, 6.45) is 3.48. The van der Waals surface area contributed by atoms with Gasteiger partial charge in [-0.1, -0.05) is 0 Å². The van der Waals surface area contributed by atoms with E-state index in [4.69, 9.17) is 5.73 Å². The molecule has 0 fully saturated rings. The van der Waals surface area contributed by atoms with Gasteiger partial charge >= 0.3 is 0 Å². The van der Waals surface area contributed by atoms with Gasteiger partial charge in [0.2, 0.25) is 0 Å². The molecule has 0 unspecified atom stereocenters. The molecule has 0 saturated heterocycles. The first-order chi connectivity index (χ1) is 6.70. The molecule has 72 valence electrons. The fourth-order valence-electron chi connectivity index (χ4n) is 1.34. The summed E-state index contributed by atoms with van der Waals surface area (Å²) in [5.41, 5.74) is 7.69. The Morgan fingerprint density at radius 1 is 1.36 bits per heavy atom. The van der Waals surface area contributed by atoms with Gasteiger partial charge < -0.3 is 5.73 Å². The Hall–Kier alpha value is -1.36. The lowest BCUT2D eigenvalue weighted by molar-refractivity contribution is 0.780. The summed E-state index contributed by atoms with van der Waals surface area (Å²) in [6, 6.07) is 3.84. The maximum absolute atomic E-state index is 5.68. The molecule has 0 radical (unpaired) electrons. The molecule has 0 saturated carbocycles. The molecule has 0 spiro atoms. The first kappa shape index (κ1) is 9.21.